The van der Waals surface area contributed by atoms with E-state index in [1.165, 1.54) is 0 Å². The molecule has 2 N–H and O–H groups in total. The second-order valence-electron chi connectivity index (χ2n) is 5.71. The molecular formula is C14H19N3O2S. The summed E-state index contributed by atoms with van der Waals surface area (Å²) >= 11 is 0. The molecule has 0 saturated carbocycles. The zero-order valence-corrected chi connectivity index (χ0v) is 12.7. The average Bonchev–Trinajstić information content (AvgIpc) is 2.89. The van der Waals surface area contributed by atoms with Crippen molar-refractivity contribution in [3.05, 3.63) is 47.8 Å². The fourth-order valence-electron chi connectivity index (χ4n) is 1.77. The molecule has 0 amide bonds. The molecule has 0 aliphatic rings. The molecule has 0 spiro atoms. The van der Waals surface area contributed by atoms with E-state index in [1.54, 1.807) is 24.5 Å². The van der Waals surface area contributed by atoms with Crippen LogP contribution in [0.3, 0.4) is 0 Å². The van der Waals surface area contributed by atoms with Crippen molar-refractivity contribution in [2.24, 2.45) is 0 Å². The minimum Gasteiger partial charge on any atom is -0.285 e. The zero-order chi connectivity index (χ0) is 14.8. The van der Waals surface area contributed by atoms with Crippen LogP contribution in [0.25, 0.3) is 0 Å². The summed E-state index contributed by atoms with van der Waals surface area (Å²) in [6.07, 6.45) is 3.25. The van der Waals surface area contributed by atoms with Gasteiger partial charge in [0.15, 0.2) is 0 Å². The molecule has 1 aromatic carbocycles. The Hall–Kier alpha value is -1.66. The Morgan fingerprint density at radius 2 is 1.85 bits per heavy atom. The van der Waals surface area contributed by atoms with E-state index in [1.807, 2.05) is 12.1 Å². The molecule has 6 heteroatoms. The zero-order valence-electron chi connectivity index (χ0n) is 11.8. The molecule has 1 heterocycles. The second kappa shape index (κ2) is 5.38. The first-order chi connectivity index (χ1) is 9.29. The van der Waals surface area contributed by atoms with Gasteiger partial charge < -0.3 is 0 Å². The van der Waals surface area contributed by atoms with Crippen molar-refractivity contribution < 1.29 is 8.42 Å². The van der Waals surface area contributed by atoms with Gasteiger partial charge in [0.25, 0.3) is 0 Å². The first-order valence-electron chi connectivity index (χ1n) is 6.37. The summed E-state index contributed by atoms with van der Waals surface area (Å²) in [7, 11) is -3.49. The second-order valence-corrected chi connectivity index (χ2v) is 7.47. The van der Waals surface area contributed by atoms with E-state index < -0.39 is 10.0 Å². The third-order valence-corrected chi connectivity index (χ3v) is 4.47. The highest BCUT2D eigenvalue weighted by Crippen LogP contribution is 2.23. The number of hydrogen-bond donors (Lipinski definition) is 2. The van der Waals surface area contributed by atoms with Gasteiger partial charge in [0.1, 0.15) is 0 Å². The number of rotatable bonds is 4. The highest BCUT2D eigenvalue weighted by molar-refractivity contribution is 7.89. The molecule has 0 atom stereocenters. The largest absolute Gasteiger partial charge is 0.285 e. The summed E-state index contributed by atoms with van der Waals surface area (Å²) in [5.74, 6) is 0. The van der Waals surface area contributed by atoms with Crippen LogP contribution in [-0.2, 0) is 22.0 Å². The Bertz CT molecular complexity index is 653. The van der Waals surface area contributed by atoms with E-state index in [0.717, 1.165) is 11.1 Å². The lowest BCUT2D eigenvalue weighted by atomic mass is 9.87. The van der Waals surface area contributed by atoms with Crippen LogP contribution in [0.15, 0.2) is 41.6 Å². The number of H-pyrrole nitrogens is 1. The first kappa shape index (κ1) is 14.7. The van der Waals surface area contributed by atoms with Gasteiger partial charge in [-0.2, -0.15) is 5.10 Å². The van der Waals surface area contributed by atoms with Crippen LogP contribution in [0.2, 0.25) is 0 Å². The minimum absolute atomic E-state index is 0.00646. The van der Waals surface area contributed by atoms with Crippen LogP contribution in [0.5, 0.6) is 0 Å². The van der Waals surface area contributed by atoms with Crippen molar-refractivity contribution in [3.63, 3.8) is 0 Å². The predicted octanol–water partition coefficient (Wildman–Crippen LogP) is 2.19. The monoisotopic (exact) mass is 293 g/mol. The maximum Gasteiger partial charge on any atom is 0.240 e. The van der Waals surface area contributed by atoms with Crippen molar-refractivity contribution in [1.82, 2.24) is 14.9 Å². The van der Waals surface area contributed by atoms with E-state index in [0.29, 0.717) is 0 Å². The van der Waals surface area contributed by atoms with Gasteiger partial charge in [0.05, 0.1) is 11.1 Å². The normalized spacial score (nSPS) is 12.6. The van der Waals surface area contributed by atoms with Crippen LogP contribution in [0.1, 0.15) is 31.9 Å². The Morgan fingerprint density at radius 1 is 1.20 bits per heavy atom. The van der Waals surface area contributed by atoms with E-state index >= 15 is 0 Å². The Balaban J connectivity index is 2.13. The van der Waals surface area contributed by atoms with Crippen molar-refractivity contribution in [2.45, 2.75) is 37.6 Å². The number of nitrogens with one attached hydrogen (secondary N) is 2. The summed E-state index contributed by atoms with van der Waals surface area (Å²) in [6, 6.07) is 6.98. The van der Waals surface area contributed by atoms with Gasteiger partial charge in [-0.25, -0.2) is 13.1 Å². The topological polar surface area (TPSA) is 74.8 Å². The van der Waals surface area contributed by atoms with Crippen LogP contribution >= 0.6 is 0 Å². The quantitative estimate of drug-likeness (QED) is 0.907. The average molecular weight is 293 g/mol. The number of aromatic amines is 1. The molecule has 2 rings (SSSR count). The number of aromatic nitrogens is 2. The standard InChI is InChI=1S/C14H19N3O2S/c1-14(2,3)12-4-6-13(7-5-12)20(18,19)17-10-11-8-15-16-9-11/h4-9,17H,10H2,1-3H3,(H,15,16). The lowest BCUT2D eigenvalue weighted by molar-refractivity contribution is 0.578. The van der Waals surface area contributed by atoms with Gasteiger partial charge in [-0.1, -0.05) is 32.9 Å². The molecule has 0 saturated heterocycles. The van der Waals surface area contributed by atoms with Crippen molar-refractivity contribution in [2.75, 3.05) is 0 Å². The van der Waals surface area contributed by atoms with Crippen molar-refractivity contribution >= 4 is 10.0 Å². The van der Waals surface area contributed by atoms with E-state index in [-0.39, 0.29) is 16.9 Å². The smallest absolute Gasteiger partial charge is 0.240 e. The molecule has 5 nitrogen and oxygen atoms in total. The van der Waals surface area contributed by atoms with Crippen LogP contribution in [-0.4, -0.2) is 18.6 Å². The van der Waals surface area contributed by atoms with E-state index in [4.69, 9.17) is 0 Å². The molecule has 0 bridgehead atoms. The highest BCUT2D eigenvalue weighted by atomic mass is 32.2. The van der Waals surface area contributed by atoms with Crippen molar-refractivity contribution in [3.8, 4) is 0 Å². The molecule has 108 valence electrons. The van der Waals surface area contributed by atoms with Gasteiger partial charge in [-0.3, -0.25) is 5.10 Å². The lowest BCUT2D eigenvalue weighted by Gasteiger charge is -2.19. The van der Waals surface area contributed by atoms with Crippen LogP contribution in [0.4, 0.5) is 0 Å². The molecule has 1 aromatic heterocycles. The minimum atomic E-state index is -3.49. The fourth-order valence-corrected chi connectivity index (χ4v) is 2.79. The summed E-state index contributed by atoms with van der Waals surface area (Å²) in [5, 5.41) is 6.42. The lowest BCUT2D eigenvalue weighted by Crippen LogP contribution is -2.23. The van der Waals surface area contributed by atoms with Gasteiger partial charge in [-0.15, -0.1) is 0 Å². The number of nitrogens with zero attached hydrogens (tertiary/aromatic N) is 1. The maximum atomic E-state index is 12.1. The number of hydrogen-bond acceptors (Lipinski definition) is 3. The van der Waals surface area contributed by atoms with Crippen LogP contribution in [0, 0.1) is 0 Å². The molecule has 0 radical (unpaired) electrons. The summed E-state index contributed by atoms with van der Waals surface area (Å²) in [4.78, 5) is 0.272. The SMILES string of the molecule is CC(C)(C)c1ccc(S(=O)(=O)NCc2cn[nH]c2)cc1. The van der Waals surface area contributed by atoms with Gasteiger partial charge in [0.2, 0.25) is 10.0 Å². The Labute approximate surface area is 119 Å². The Morgan fingerprint density at radius 3 is 2.35 bits per heavy atom. The third-order valence-electron chi connectivity index (χ3n) is 3.05. The molecule has 0 aliphatic carbocycles. The molecule has 0 fully saturated rings. The predicted molar refractivity (Wildman–Crippen MR) is 77.8 cm³/mol. The van der Waals surface area contributed by atoms with Gasteiger partial charge >= 0.3 is 0 Å². The van der Waals surface area contributed by atoms with E-state index in [2.05, 4.69) is 35.7 Å². The third kappa shape index (κ3) is 3.46. The summed E-state index contributed by atoms with van der Waals surface area (Å²) < 4.78 is 26.8. The molecule has 20 heavy (non-hydrogen) atoms. The summed E-state index contributed by atoms with van der Waals surface area (Å²) in [5.41, 5.74) is 1.90. The molecular weight excluding hydrogens is 274 g/mol. The van der Waals surface area contributed by atoms with Gasteiger partial charge in [-0.05, 0) is 23.1 Å². The first-order valence-corrected chi connectivity index (χ1v) is 7.85. The van der Waals surface area contributed by atoms with Gasteiger partial charge in [0, 0.05) is 18.3 Å². The Kier molecular flexibility index (Phi) is 3.96. The maximum absolute atomic E-state index is 12.1. The number of sulfonamides is 1. The summed E-state index contributed by atoms with van der Waals surface area (Å²) in [6.45, 7) is 6.49. The van der Waals surface area contributed by atoms with Crippen molar-refractivity contribution in [1.29, 1.82) is 0 Å². The van der Waals surface area contributed by atoms with Crippen LogP contribution < -0.4 is 4.72 Å². The highest BCUT2D eigenvalue weighted by Gasteiger charge is 2.17. The van der Waals surface area contributed by atoms with E-state index in [9.17, 15) is 8.42 Å². The molecule has 2 aromatic rings. The fraction of sp³-hybridized carbons (Fsp3) is 0.357. The molecule has 0 unspecified atom stereocenters. The number of benzene rings is 1. The molecule has 0 aliphatic heterocycles.